The Bertz CT molecular complexity index is 2550. The van der Waals surface area contributed by atoms with E-state index in [4.69, 9.17) is 4.42 Å². The first-order valence-electron chi connectivity index (χ1n) is 17.9. The third kappa shape index (κ3) is 6.60. The predicted octanol–water partition coefficient (Wildman–Crippen LogP) is 14.4. The van der Waals surface area contributed by atoms with E-state index in [9.17, 15) is 0 Å². The van der Waals surface area contributed by atoms with Gasteiger partial charge in [0.2, 0.25) is 0 Å². The number of nitrogens with zero attached hydrogens (tertiary/aromatic N) is 2. The highest BCUT2D eigenvalue weighted by Gasteiger charge is 2.15. The highest BCUT2D eigenvalue weighted by molar-refractivity contribution is 6.06. The summed E-state index contributed by atoms with van der Waals surface area (Å²) in [7, 11) is 0. The van der Waals surface area contributed by atoms with Crippen LogP contribution in [0.4, 0.5) is 34.1 Å². The Morgan fingerprint density at radius 1 is 0.302 bits per heavy atom. The van der Waals surface area contributed by atoms with Crippen molar-refractivity contribution in [1.29, 1.82) is 0 Å². The average molecular weight is 681 g/mol. The number of hydrogen-bond donors (Lipinski definition) is 0. The van der Waals surface area contributed by atoms with Gasteiger partial charge in [-0.15, -0.1) is 0 Å². The van der Waals surface area contributed by atoms with E-state index >= 15 is 0 Å². The van der Waals surface area contributed by atoms with E-state index in [-0.39, 0.29) is 0 Å². The predicted molar refractivity (Wildman–Crippen MR) is 224 cm³/mol. The number of fused-ring (bicyclic) bond motifs is 3. The lowest BCUT2D eigenvalue weighted by Crippen LogP contribution is -2.09. The Kier molecular flexibility index (Phi) is 8.57. The molecule has 0 unspecified atom stereocenters. The van der Waals surface area contributed by atoms with Crippen molar-refractivity contribution in [3.8, 4) is 11.1 Å². The minimum Gasteiger partial charge on any atom is -0.456 e. The van der Waals surface area contributed by atoms with Gasteiger partial charge in [0, 0.05) is 51.0 Å². The summed E-state index contributed by atoms with van der Waals surface area (Å²) in [6.45, 7) is 0. The zero-order valence-electron chi connectivity index (χ0n) is 29.1. The first kappa shape index (κ1) is 31.9. The zero-order chi connectivity index (χ0) is 35.4. The van der Waals surface area contributed by atoms with Crippen molar-refractivity contribution in [3.63, 3.8) is 0 Å². The highest BCUT2D eigenvalue weighted by Crippen LogP contribution is 2.39. The van der Waals surface area contributed by atoms with E-state index in [0.29, 0.717) is 0 Å². The summed E-state index contributed by atoms with van der Waals surface area (Å²) in [6, 6.07) is 72.3. The van der Waals surface area contributed by atoms with Gasteiger partial charge >= 0.3 is 0 Å². The van der Waals surface area contributed by atoms with E-state index < -0.39 is 0 Å². The van der Waals surface area contributed by atoms with Crippen LogP contribution in [0.15, 0.2) is 211 Å². The maximum Gasteiger partial charge on any atom is 0.137 e. The van der Waals surface area contributed by atoms with Crippen molar-refractivity contribution in [1.82, 2.24) is 0 Å². The summed E-state index contributed by atoms with van der Waals surface area (Å²) in [5.74, 6) is 0. The molecule has 0 amide bonds. The normalized spacial score (nSPS) is 11.3. The van der Waals surface area contributed by atoms with Crippen LogP contribution in [0.3, 0.4) is 0 Å². The molecule has 252 valence electrons. The third-order valence-corrected chi connectivity index (χ3v) is 9.63. The monoisotopic (exact) mass is 680 g/mol. The van der Waals surface area contributed by atoms with Gasteiger partial charge in [0.15, 0.2) is 0 Å². The Morgan fingerprint density at radius 3 is 1.17 bits per heavy atom. The van der Waals surface area contributed by atoms with Gasteiger partial charge in [-0.2, -0.15) is 0 Å². The Labute approximate surface area is 309 Å². The van der Waals surface area contributed by atoms with Gasteiger partial charge in [-0.1, -0.05) is 127 Å². The summed E-state index contributed by atoms with van der Waals surface area (Å²) in [6.07, 6.45) is 4.31. The SMILES string of the molecule is C(=C\c1ccc2c(c1)oc1cc(N(c3ccccc3)c3ccccc3)ccc12)/c1ccc(-c2ccc(N(c3ccccc3)c3ccccc3)cc2)cc1. The highest BCUT2D eigenvalue weighted by atomic mass is 16.3. The number of benzene rings is 8. The zero-order valence-corrected chi connectivity index (χ0v) is 29.1. The van der Waals surface area contributed by atoms with Gasteiger partial charge in [-0.3, -0.25) is 0 Å². The number of furan rings is 1. The van der Waals surface area contributed by atoms with Crippen molar-refractivity contribution in [2.45, 2.75) is 0 Å². The van der Waals surface area contributed by atoms with E-state index in [0.717, 1.165) is 67.2 Å². The quantitative estimate of drug-likeness (QED) is 0.142. The lowest BCUT2D eigenvalue weighted by Gasteiger charge is -2.25. The molecule has 1 heterocycles. The Balaban J connectivity index is 0.940. The minimum atomic E-state index is 0.868. The Hall–Kier alpha value is -7.10. The van der Waals surface area contributed by atoms with Gasteiger partial charge in [0.25, 0.3) is 0 Å². The molecular formula is C50H36N2O. The molecular weight excluding hydrogens is 645 g/mol. The van der Waals surface area contributed by atoms with Crippen LogP contribution in [-0.2, 0) is 0 Å². The van der Waals surface area contributed by atoms with E-state index in [1.54, 1.807) is 0 Å². The molecule has 3 nitrogen and oxygen atoms in total. The van der Waals surface area contributed by atoms with Gasteiger partial charge in [0.05, 0.1) is 0 Å². The van der Waals surface area contributed by atoms with Crippen LogP contribution in [-0.4, -0.2) is 0 Å². The summed E-state index contributed by atoms with van der Waals surface area (Å²) in [4.78, 5) is 4.54. The first-order chi connectivity index (χ1) is 26.3. The van der Waals surface area contributed by atoms with E-state index in [2.05, 4.69) is 216 Å². The molecule has 0 saturated heterocycles. The molecule has 0 radical (unpaired) electrons. The molecule has 9 rings (SSSR count). The van der Waals surface area contributed by atoms with Crippen LogP contribution in [0.25, 0.3) is 45.2 Å². The molecule has 0 N–H and O–H groups in total. The van der Waals surface area contributed by atoms with Crippen molar-refractivity contribution in [2.24, 2.45) is 0 Å². The number of para-hydroxylation sites is 4. The molecule has 0 bridgehead atoms. The topological polar surface area (TPSA) is 19.6 Å². The number of anilines is 6. The molecule has 9 aromatic rings. The fourth-order valence-corrected chi connectivity index (χ4v) is 7.01. The summed E-state index contributed by atoms with van der Waals surface area (Å²) in [5, 5.41) is 2.22. The fraction of sp³-hybridized carbons (Fsp3) is 0. The van der Waals surface area contributed by atoms with Crippen LogP contribution in [0.1, 0.15) is 11.1 Å². The summed E-state index contributed by atoms with van der Waals surface area (Å²) < 4.78 is 6.48. The lowest BCUT2D eigenvalue weighted by molar-refractivity contribution is 0.669. The number of rotatable bonds is 9. The Morgan fingerprint density at radius 2 is 0.660 bits per heavy atom. The average Bonchev–Trinajstić information content (AvgIpc) is 3.59. The van der Waals surface area contributed by atoms with Crippen LogP contribution in [0, 0.1) is 0 Å². The summed E-state index contributed by atoms with van der Waals surface area (Å²) in [5.41, 5.74) is 13.0. The van der Waals surface area contributed by atoms with Crippen LogP contribution in [0.2, 0.25) is 0 Å². The second kappa shape index (κ2) is 14.3. The molecule has 0 spiro atoms. The van der Waals surface area contributed by atoms with Crippen LogP contribution in [0.5, 0.6) is 0 Å². The van der Waals surface area contributed by atoms with Crippen molar-refractivity contribution in [3.05, 3.63) is 217 Å². The second-order valence-corrected chi connectivity index (χ2v) is 13.1. The molecule has 0 saturated carbocycles. The van der Waals surface area contributed by atoms with E-state index in [1.165, 1.54) is 11.1 Å². The molecule has 8 aromatic carbocycles. The van der Waals surface area contributed by atoms with Crippen LogP contribution < -0.4 is 9.80 Å². The molecule has 3 heteroatoms. The molecule has 1 aromatic heterocycles. The largest absolute Gasteiger partial charge is 0.456 e. The first-order valence-corrected chi connectivity index (χ1v) is 17.9. The van der Waals surface area contributed by atoms with Gasteiger partial charge in [0.1, 0.15) is 11.2 Å². The number of hydrogen-bond acceptors (Lipinski definition) is 3. The molecule has 53 heavy (non-hydrogen) atoms. The molecule has 0 aliphatic heterocycles. The fourth-order valence-electron chi connectivity index (χ4n) is 7.01. The van der Waals surface area contributed by atoms with E-state index in [1.807, 2.05) is 12.1 Å². The van der Waals surface area contributed by atoms with Crippen molar-refractivity contribution >= 4 is 68.2 Å². The maximum atomic E-state index is 6.48. The van der Waals surface area contributed by atoms with Gasteiger partial charge < -0.3 is 14.2 Å². The standard InChI is InChI=1S/C50H36N2O/c1-5-13-41(14-6-1)51(42-15-7-2-8-16-42)45-30-28-40(29-31-45)39-26-23-37(24-27-39)21-22-38-25-33-47-48-34-32-46(36-50(48)53-49(47)35-38)52(43-17-9-3-10-18-43)44-19-11-4-12-20-44/h1-36H/b22-21+. The smallest absolute Gasteiger partial charge is 0.137 e. The molecule has 0 fully saturated rings. The van der Waals surface area contributed by atoms with Gasteiger partial charge in [-0.05, 0) is 107 Å². The molecule has 0 aliphatic rings. The minimum absolute atomic E-state index is 0.868. The maximum absolute atomic E-state index is 6.48. The van der Waals surface area contributed by atoms with Crippen LogP contribution >= 0.6 is 0 Å². The summed E-state index contributed by atoms with van der Waals surface area (Å²) >= 11 is 0. The lowest BCUT2D eigenvalue weighted by atomic mass is 10.0. The second-order valence-electron chi connectivity index (χ2n) is 13.1. The molecule has 0 atom stereocenters. The van der Waals surface area contributed by atoms with Crippen molar-refractivity contribution < 1.29 is 4.42 Å². The molecule has 0 aliphatic carbocycles. The third-order valence-electron chi connectivity index (χ3n) is 9.63. The van der Waals surface area contributed by atoms with Gasteiger partial charge in [-0.25, -0.2) is 0 Å². The van der Waals surface area contributed by atoms with Crippen molar-refractivity contribution in [2.75, 3.05) is 9.80 Å².